The van der Waals surface area contributed by atoms with Gasteiger partial charge in [0, 0.05) is 40.5 Å². The van der Waals surface area contributed by atoms with Crippen molar-refractivity contribution in [2.45, 2.75) is 65.5 Å². The average molecular weight is 388 g/mol. The molecule has 1 rings (SSSR count). The third-order valence-electron chi connectivity index (χ3n) is 3.74. The number of esters is 5. The molecule has 0 amide bonds. The smallest absolute Gasteiger partial charge is 0.303 e. The Kier molecular flexibility index (Phi) is 8.20. The highest BCUT2D eigenvalue weighted by atomic mass is 16.6. The van der Waals surface area contributed by atoms with Gasteiger partial charge in [-0.25, -0.2) is 0 Å². The number of hydrogen-bond acceptors (Lipinski definition) is 10. The predicted octanol–water partition coefficient (Wildman–Crippen LogP) is 0.296. The van der Waals surface area contributed by atoms with Gasteiger partial charge in [0.25, 0.3) is 0 Å². The van der Waals surface area contributed by atoms with Crippen LogP contribution in [-0.2, 0) is 47.7 Å². The maximum absolute atomic E-state index is 11.6. The van der Waals surface area contributed by atoms with E-state index in [4.69, 9.17) is 23.7 Å². The van der Waals surface area contributed by atoms with Crippen molar-refractivity contribution in [3.8, 4) is 0 Å². The lowest BCUT2D eigenvalue weighted by molar-refractivity contribution is -0.221. The molecular weight excluding hydrogens is 364 g/mol. The van der Waals surface area contributed by atoms with E-state index < -0.39 is 60.2 Å². The van der Waals surface area contributed by atoms with Crippen LogP contribution in [0.4, 0.5) is 0 Å². The Labute approximate surface area is 156 Å². The Hall–Kier alpha value is -2.65. The van der Waals surface area contributed by atoms with E-state index in [9.17, 15) is 24.0 Å². The van der Waals surface area contributed by atoms with Gasteiger partial charge in [-0.15, -0.1) is 0 Å². The van der Waals surface area contributed by atoms with Crippen molar-refractivity contribution in [2.24, 2.45) is 5.92 Å². The lowest BCUT2D eigenvalue weighted by Crippen LogP contribution is -2.59. The first-order valence-electron chi connectivity index (χ1n) is 8.33. The van der Waals surface area contributed by atoms with Gasteiger partial charge in [0.05, 0.1) is 6.61 Å². The summed E-state index contributed by atoms with van der Waals surface area (Å²) in [5.41, 5.74) is 0. The zero-order valence-corrected chi connectivity index (χ0v) is 15.9. The molecule has 0 N–H and O–H groups in total. The molecule has 27 heavy (non-hydrogen) atoms. The normalized spacial score (nSPS) is 27.1. The van der Waals surface area contributed by atoms with Crippen LogP contribution in [0.2, 0.25) is 0 Å². The summed E-state index contributed by atoms with van der Waals surface area (Å²) in [7, 11) is 0. The van der Waals surface area contributed by atoms with Gasteiger partial charge < -0.3 is 23.7 Å². The van der Waals surface area contributed by atoms with Crippen LogP contribution in [0, 0.1) is 5.92 Å². The lowest BCUT2D eigenvalue weighted by Gasteiger charge is -2.43. The first kappa shape index (κ1) is 22.4. The van der Waals surface area contributed by atoms with Crippen LogP contribution < -0.4 is 0 Å². The molecule has 1 aliphatic carbocycles. The molecule has 0 aromatic carbocycles. The molecule has 152 valence electrons. The summed E-state index contributed by atoms with van der Waals surface area (Å²) >= 11 is 0. The Morgan fingerprint density at radius 3 is 1.52 bits per heavy atom. The molecule has 10 nitrogen and oxygen atoms in total. The third kappa shape index (κ3) is 7.24. The van der Waals surface area contributed by atoms with Gasteiger partial charge in [-0.1, -0.05) is 0 Å². The van der Waals surface area contributed by atoms with Crippen LogP contribution in [0.3, 0.4) is 0 Å². The molecule has 5 atom stereocenters. The number of hydrogen-bond donors (Lipinski definition) is 0. The molecule has 1 aliphatic rings. The number of ether oxygens (including phenoxy) is 5. The second kappa shape index (κ2) is 9.89. The van der Waals surface area contributed by atoms with Crippen molar-refractivity contribution in [2.75, 3.05) is 6.61 Å². The topological polar surface area (TPSA) is 132 Å². The highest BCUT2D eigenvalue weighted by Gasteiger charge is 2.52. The minimum Gasteiger partial charge on any atom is -0.465 e. The zero-order chi connectivity index (χ0) is 20.7. The fraction of sp³-hybridized carbons (Fsp3) is 0.706. The van der Waals surface area contributed by atoms with Crippen molar-refractivity contribution in [1.29, 1.82) is 0 Å². The van der Waals surface area contributed by atoms with Crippen molar-refractivity contribution in [3.63, 3.8) is 0 Å². The molecule has 0 aromatic rings. The van der Waals surface area contributed by atoms with E-state index in [1.165, 1.54) is 13.8 Å². The van der Waals surface area contributed by atoms with Crippen LogP contribution in [-0.4, -0.2) is 60.9 Å². The molecule has 0 aromatic heterocycles. The van der Waals surface area contributed by atoms with Crippen molar-refractivity contribution in [1.82, 2.24) is 0 Å². The van der Waals surface area contributed by atoms with Crippen molar-refractivity contribution < 1.29 is 47.7 Å². The van der Waals surface area contributed by atoms with Gasteiger partial charge in [-0.2, -0.15) is 0 Å². The number of carbonyl (C=O) groups is 5. The average Bonchev–Trinajstić information content (AvgIpc) is 2.49. The maximum atomic E-state index is 11.6. The summed E-state index contributed by atoms with van der Waals surface area (Å²) in [5, 5.41) is 0. The second-order valence-electron chi connectivity index (χ2n) is 6.17. The van der Waals surface area contributed by atoms with Gasteiger partial charge >= 0.3 is 29.8 Å². The zero-order valence-electron chi connectivity index (χ0n) is 15.9. The molecule has 0 spiro atoms. The Morgan fingerprint density at radius 1 is 0.630 bits per heavy atom. The molecule has 0 aliphatic heterocycles. The van der Waals surface area contributed by atoms with E-state index in [1.807, 2.05) is 0 Å². The summed E-state index contributed by atoms with van der Waals surface area (Å²) < 4.78 is 25.9. The van der Waals surface area contributed by atoms with E-state index in [1.54, 1.807) is 0 Å². The monoisotopic (exact) mass is 388 g/mol. The molecule has 0 unspecified atom stereocenters. The first-order chi connectivity index (χ1) is 12.5. The van der Waals surface area contributed by atoms with Crippen LogP contribution in [0.5, 0.6) is 0 Å². The van der Waals surface area contributed by atoms with E-state index in [0.29, 0.717) is 0 Å². The third-order valence-corrected chi connectivity index (χ3v) is 3.74. The minimum absolute atomic E-state index is 0.0561. The quantitative estimate of drug-likeness (QED) is 0.462. The summed E-state index contributed by atoms with van der Waals surface area (Å²) in [6, 6.07) is 0. The van der Waals surface area contributed by atoms with Gasteiger partial charge in [0.2, 0.25) is 0 Å². The van der Waals surface area contributed by atoms with Crippen LogP contribution in [0.15, 0.2) is 0 Å². The summed E-state index contributed by atoms with van der Waals surface area (Å²) in [4.78, 5) is 57.3. The molecule has 1 saturated carbocycles. The summed E-state index contributed by atoms with van der Waals surface area (Å²) in [6.45, 7) is 5.64. The summed E-state index contributed by atoms with van der Waals surface area (Å²) in [6.07, 6.45) is -4.42. The molecule has 10 heteroatoms. The lowest BCUT2D eigenvalue weighted by atomic mass is 9.80. The van der Waals surface area contributed by atoms with Gasteiger partial charge in [0.1, 0.15) is 12.2 Å². The van der Waals surface area contributed by atoms with Crippen molar-refractivity contribution in [3.05, 3.63) is 0 Å². The largest absolute Gasteiger partial charge is 0.465 e. The molecule has 0 heterocycles. The van der Waals surface area contributed by atoms with E-state index in [-0.39, 0.29) is 13.0 Å². The van der Waals surface area contributed by atoms with Gasteiger partial charge in [-0.3, -0.25) is 24.0 Å². The highest BCUT2D eigenvalue weighted by Crippen LogP contribution is 2.34. The SMILES string of the molecule is CC(=O)OC[C@H]1C[C@H](OC(C)=O)[C@H](OC(C)=O)[C@@H](OC(C)=O)[C@H]1OC(C)=O. The number of carbonyl (C=O) groups excluding carboxylic acids is 5. The minimum atomic E-state index is -1.24. The second-order valence-corrected chi connectivity index (χ2v) is 6.17. The molecule has 1 fully saturated rings. The molecule has 0 radical (unpaired) electrons. The Bertz CT molecular complexity index is 599. The first-order valence-corrected chi connectivity index (χ1v) is 8.33. The molecular formula is C17H24O10. The van der Waals surface area contributed by atoms with Crippen molar-refractivity contribution >= 4 is 29.8 Å². The van der Waals surface area contributed by atoms with Gasteiger partial charge in [-0.05, 0) is 6.42 Å². The fourth-order valence-corrected chi connectivity index (χ4v) is 2.96. The van der Waals surface area contributed by atoms with E-state index in [0.717, 1.165) is 20.8 Å². The predicted molar refractivity (Wildman–Crippen MR) is 87.0 cm³/mol. The van der Waals surface area contributed by atoms with E-state index >= 15 is 0 Å². The van der Waals surface area contributed by atoms with Gasteiger partial charge in [0.15, 0.2) is 12.2 Å². The van der Waals surface area contributed by atoms with Crippen LogP contribution >= 0.6 is 0 Å². The maximum Gasteiger partial charge on any atom is 0.303 e. The summed E-state index contributed by atoms with van der Waals surface area (Å²) in [5.74, 6) is -3.95. The molecule has 0 bridgehead atoms. The Morgan fingerprint density at radius 2 is 1.07 bits per heavy atom. The Balaban J connectivity index is 3.29. The van der Waals surface area contributed by atoms with Crippen LogP contribution in [0.1, 0.15) is 41.0 Å². The number of rotatable bonds is 6. The highest BCUT2D eigenvalue weighted by molar-refractivity contribution is 5.69. The fourth-order valence-electron chi connectivity index (χ4n) is 2.96. The molecule has 0 saturated heterocycles. The van der Waals surface area contributed by atoms with Crippen LogP contribution in [0.25, 0.3) is 0 Å². The standard InChI is InChI=1S/C17H24O10/c1-8(18)23-7-13-6-14(24-9(2)19)16(26-11(4)21)17(27-12(5)22)15(13)25-10(3)20/h13-17H,6-7H2,1-5H3/t13-,14+,15+,16+,17+/m1/s1. The van der Waals surface area contributed by atoms with E-state index in [2.05, 4.69) is 0 Å².